The van der Waals surface area contributed by atoms with Gasteiger partial charge < -0.3 is 5.32 Å². The smallest absolute Gasteiger partial charge is 0.0981 e. The molecular formula is C16H28N2S. The average molecular weight is 280 g/mol. The number of thiazole rings is 1. The molecule has 0 aliphatic heterocycles. The second-order valence-electron chi connectivity index (χ2n) is 7.14. The Balaban J connectivity index is 1.72. The Morgan fingerprint density at radius 2 is 1.95 bits per heavy atom. The van der Waals surface area contributed by atoms with Crippen LogP contribution in [-0.4, -0.2) is 11.5 Å². The Hall–Kier alpha value is -0.410. The van der Waals surface area contributed by atoms with Crippen molar-refractivity contribution < 1.29 is 0 Å². The van der Waals surface area contributed by atoms with Crippen LogP contribution in [0.5, 0.6) is 0 Å². The summed E-state index contributed by atoms with van der Waals surface area (Å²) < 4.78 is 0. The van der Waals surface area contributed by atoms with E-state index in [1.807, 2.05) is 17.5 Å². The highest BCUT2D eigenvalue weighted by molar-refractivity contribution is 7.11. The van der Waals surface area contributed by atoms with Gasteiger partial charge in [-0.1, -0.05) is 40.5 Å². The fourth-order valence-electron chi connectivity index (χ4n) is 2.67. The van der Waals surface area contributed by atoms with E-state index in [2.05, 4.69) is 38.0 Å². The van der Waals surface area contributed by atoms with Crippen LogP contribution in [0.15, 0.2) is 6.20 Å². The quantitative estimate of drug-likeness (QED) is 0.886. The van der Waals surface area contributed by atoms with Crippen molar-refractivity contribution in [3.8, 4) is 0 Å². The third-order valence-electron chi connectivity index (χ3n) is 4.06. The summed E-state index contributed by atoms with van der Waals surface area (Å²) >= 11 is 1.85. The number of rotatable bonds is 4. The predicted molar refractivity (Wildman–Crippen MR) is 83.6 cm³/mol. The molecule has 0 unspecified atom stereocenters. The lowest BCUT2D eigenvalue weighted by Gasteiger charge is -2.26. The number of hydrogen-bond donors (Lipinski definition) is 1. The van der Waals surface area contributed by atoms with Crippen molar-refractivity contribution >= 4 is 11.3 Å². The first-order valence-electron chi connectivity index (χ1n) is 7.61. The number of nitrogens with zero attached hydrogens (tertiary/aromatic N) is 1. The molecule has 1 aromatic rings. The van der Waals surface area contributed by atoms with Crippen LogP contribution in [0.1, 0.15) is 63.3 Å². The summed E-state index contributed by atoms with van der Waals surface area (Å²) in [6.45, 7) is 11.2. The van der Waals surface area contributed by atoms with Gasteiger partial charge in [-0.25, -0.2) is 4.98 Å². The number of nitrogens with one attached hydrogen (secondary N) is 1. The first-order valence-corrected chi connectivity index (χ1v) is 8.42. The molecule has 0 atom stereocenters. The van der Waals surface area contributed by atoms with Gasteiger partial charge in [0.15, 0.2) is 0 Å². The minimum absolute atomic E-state index is 0.183. The standard InChI is InChI=1S/C16H28N2S/c1-12-5-7-13(8-6-12)9-17-10-14-11-18-15(19-14)16(2,3)4/h11-13,17H,5-10H2,1-4H3. The molecule has 0 spiro atoms. The Morgan fingerprint density at radius 3 is 2.53 bits per heavy atom. The molecule has 1 heterocycles. The summed E-state index contributed by atoms with van der Waals surface area (Å²) in [6.07, 6.45) is 7.69. The fourth-order valence-corrected chi connectivity index (χ4v) is 3.61. The van der Waals surface area contributed by atoms with Crippen LogP contribution in [0.3, 0.4) is 0 Å². The van der Waals surface area contributed by atoms with Gasteiger partial charge in [-0.05, 0) is 31.2 Å². The van der Waals surface area contributed by atoms with Crippen LogP contribution < -0.4 is 5.32 Å². The van der Waals surface area contributed by atoms with Gasteiger partial charge in [-0.3, -0.25) is 0 Å². The van der Waals surface area contributed by atoms with Gasteiger partial charge in [0.2, 0.25) is 0 Å². The zero-order valence-electron chi connectivity index (χ0n) is 12.8. The van der Waals surface area contributed by atoms with E-state index in [4.69, 9.17) is 0 Å². The first kappa shape index (κ1) is 15.0. The topological polar surface area (TPSA) is 24.9 Å². The molecule has 0 radical (unpaired) electrons. The lowest BCUT2D eigenvalue weighted by atomic mass is 9.83. The van der Waals surface area contributed by atoms with Crippen LogP contribution in [0.2, 0.25) is 0 Å². The van der Waals surface area contributed by atoms with Gasteiger partial charge >= 0.3 is 0 Å². The minimum atomic E-state index is 0.183. The fraction of sp³-hybridized carbons (Fsp3) is 0.812. The summed E-state index contributed by atoms with van der Waals surface area (Å²) in [5, 5.41) is 4.87. The lowest BCUT2D eigenvalue weighted by molar-refractivity contribution is 0.281. The molecule has 2 rings (SSSR count). The zero-order valence-corrected chi connectivity index (χ0v) is 13.6. The predicted octanol–water partition coefficient (Wildman–Crippen LogP) is 4.36. The van der Waals surface area contributed by atoms with E-state index in [9.17, 15) is 0 Å². The Bertz CT molecular complexity index is 384. The molecule has 1 fully saturated rings. The van der Waals surface area contributed by atoms with E-state index in [1.54, 1.807) is 0 Å². The highest BCUT2D eigenvalue weighted by Gasteiger charge is 2.19. The maximum atomic E-state index is 4.54. The van der Waals surface area contributed by atoms with Crippen molar-refractivity contribution in [3.05, 3.63) is 16.1 Å². The Morgan fingerprint density at radius 1 is 1.26 bits per heavy atom. The van der Waals surface area contributed by atoms with Crippen molar-refractivity contribution in [1.29, 1.82) is 0 Å². The highest BCUT2D eigenvalue weighted by atomic mass is 32.1. The summed E-state index contributed by atoms with van der Waals surface area (Å²) in [7, 11) is 0. The van der Waals surface area contributed by atoms with Gasteiger partial charge in [0, 0.05) is 23.0 Å². The second-order valence-corrected chi connectivity index (χ2v) is 8.25. The summed E-state index contributed by atoms with van der Waals surface area (Å²) in [4.78, 5) is 5.91. The molecule has 2 nitrogen and oxygen atoms in total. The SMILES string of the molecule is CC1CCC(CNCc2cnc(C(C)(C)C)s2)CC1. The van der Waals surface area contributed by atoms with E-state index in [-0.39, 0.29) is 5.41 Å². The van der Waals surface area contributed by atoms with Crippen LogP contribution >= 0.6 is 11.3 Å². The van der Waals surface area contributed by atoms with E-state index in [0.717, 1.165) is 18.4 Å². The molecule has 1 aliphatic carbocycles. The molecule has 0 bridgehead atoms. The summed E-state index contributed by atoms with van der Waals surface area (Å²) in [6, 6.07) is 0. The van der Waals surface area contributed by atoms with E-state index in [1.165, 1.54) is 42.1 Å². The average Bonchev–Trinajstić information content (AvgIpc) is 2.80. The lowest BCUT2D eigenvalue weighted by Crippen LogP contribution is -2.25. The van der Waals surface area contributed by atoms with Crippen molar-refractivity contribution in [2.24, 2.45) is 11.8 Å². The van der Waals surface area contributed by atoms with Gasteiger partial charge in [-0.2, -0.15) is 0 Å². The molecular weight excluding hydrogens is 252 g/mol. The maximum absolute atomic E-state index is 4.54. The summed E-state index contributed by atoms with van der Waals surface area (Å²) in [5.74, 6) is 1.85. The van der Waals surface area contributed by atoms with Gasteiger partial charge in [0.05, 0.1) is 5.01 Å². The normalized spacial score (nSPS) is 24.6. The molecule has 1 saturated carbocycles. The summed E-state index contributed by atoms with van der Waals surface area (Å²) in [5.41, 5.74) is 0.183. The van der Waals surface area contributed by atoms with Crippen LogP contribution in [0, 0.1) is 11.8 Å². The molecule has 1 aromatic heterocycles. The minimum Gasteiger partial charge on any atom is -0.312 e. The molecule has 1 aliphatic rings. The van der Waals surface area contributed by atoms with Crippen molar-refractivity contribution in [3.63, 3.8) is 0 Å². The Labute approximate surface area is 122 Å². The van der Waals surface area contributed by atoms with Crippen LogP contribution in [-0.2, 0) is 12.0 Å². The monoisotopic (exact) mass is 280 g/mol. The molecule has 1 N–H and O–H groups in total. The molecule has 108 valence electrons. The third kappa shape index (κ3) is 4.57. The third-order valence-corrected chi connectivity index (χ3v) is 5.49. The van der Waals surface area contributed by atoms with Crippen molar-refractivity contribution in [1.82, 2.24) is 10.3 Å². The highest BCUT2D eigenvalue weighted by Crippen LogP contribution is 2.28. The number of aromatic nitrogens is 1. The molecule has 0 saturated heterocycles. The molecule has 0 aromatic carbocycles. The number of hydrogen-bond acceptors (Lipinski definition) is 3. The first-order chi connectivity index (χ1) is 8.95. The van der Waals surface area contributed by atoms with E-state index < -0.39 is 0 Å². The van der Waals surface area contributed by atoms with Crippen molar-refractivity contribution in [2.75, 3.05) is 6.54 Å². The van der Waals surface area contributed by atoms with Crippen LogP contribution in [0.25, 0.3) is 0 Å². The van der Waals surface area contributed by atoms with E-state index in [0.29, 0.717) is 0 Å². The maximum Gasteiger partial charge on any atom is 0.0981 e. The molecule has 19 heavy (non-hydrogen) atoms. The van der Waals surface area contributed by atoms with Gasteiger partial charge in [0.25, 0.3) is 0 Å². The second kappa shape index (κ2) is 6.36. The zero-order chi connectivity index (χ0) is 13.9. The van der Waals surface area contributed by atoms with Gasteiger partial charge in [-0.15, -0.1) is 11.3 Å². The largest absolute Gasteiger partial charge is 0.312 e. The molecule has 0 amide bonds. The van der Waals surface area contributed by atoms with Gasteiger partial charge in [0.1, 0.15) is 0 Å². The molecule has 3 heteroatoms. The van der Waals surface area contributed by atoms with Crippen LogP contribution in [0.4, 0.5) is 0 Å². The van der Waals surface area contributed by atoms with E-state index >= 15 is 0 Å². The Kier molecular flexibility index (Phi) is 5.02. The van der Waals surface area contributed by atoms with Crippen molar-refractivity contribution in [2.45, 2.75) is 65.3 Å².